The van der Waals surface area contributed by atoms with Crippen LogP contribution < -0.4 is 11.1 Å². The van der Waals surface area contributed by atoms with E-state index in [9.17, 15) is 9.59 Å². The smallest absolute Gasteiger partial charge is 0.387 e. The van der Waals surface area contributed by atoms with Crippen LogP contribution >= 0.6 is 33.9 Å². The Hall–Kier alpha value is -1.94. The minimum absolute atomic E-state index is 0.196. The number of amides is 1. The van der Waals surface area contributed by atoms with Crippen molar-refractivity contribution in [3.05, 3.63) is 55.9 Å². The Labute approximate surface area is 142 Å². The maximum Gasteiger partial charge on any atom is 0.437 e. The van der Waals surface area contributed by atoms with Gasteiger partial charge >= 0.3 is 5.76 Å². The Morgan fingerprint density at radius 3 is 2.86 bits per heavy atom. The third kappa shape index (κ3) is 3.28. The van der Waals surface area contributed by atoms with Crippen molar-refractivity contribution in [2.75, 3.05) is 5.32 Å². The monoisotopic (exact) mass is 427 g/mol. The first kappa shape index (κ1) is 15.0. The van der Waals surface area contributed by atoms with Crippen molar-refractivity contribution in [3.63, 3.8) is 0 Å². The molecule has 1 amide bonds. The van der Waals surface area contributed by atoms with Gasteiger partial charge in [0.2, 0.25) is 5.91 Å². The molecule has 8 heteroatoms. The predicted octanol–water partition coefficient (Wildman–Crippen LogP) is 2.81. The van der Waals surface area contributed by atoms with E-state index in [1.807, 2.05) is 29.6 Å². The van der Waals surface area contributed by atoms with Crippen molar-refractivity contribution < 1.29 is 9.21 Å². The molecule has 1 aromatic carbocycles. The molecule has 0 aliphatic heterocycles. The van der Waals surface area contributed by atoms with Gasteiger partial charge in [-0.15, -0.1) is 16.4 Å². The van der Waals surface area contributed by atoms with Gasteiger partial charge in [-0.1, -0.05) is 18.2 Å². The topological polar surface area (TPSA) is 77.1 Å². The SMILES string of the molecule is O=C(Cn1nc(-c2cccs2)oc1=O)Nc1ccccc1I. The molecule has 2 aromatic heterocycles. The average Bonchev–Trinajstić information content (AvgIpc) is 3.12. The van der Waals surface area contributed by atoms with Gasteiger partial charge in [0.1, 0.15) is 6.54 Å². The zero-order valence-electron chi connectivity index (χ0n) is 11.2. The molecule has 3 rings (SSSR count). The highest BCUT2D eigenvalue weighted by Gasteiger charge is 2.14. The van der Waals surface area contributed by atoms with E-state index in [4.69, 9.17) is 4.42 Å². The molecular weight excluding hydrogens is 417 g/mol. The summed E-state index contributed by atoms with van der Waals surface area (Å²) in [6.07, 6.45) is 0. The fourth-order valence-electron chi connectivity index (χ4n) is 1.79. The number of carbonyl (C=O) groups is 1. The molecule has 0 radical (unpaired) electrons. The molecule has 0 bridgehead atoms. The molecule has 0 atom stereocenters. The van der Waals surface area contributed by atoms with E-state index in [0.717, 1.165) is 13.1 Å². The van der Waals surface area contributed by atoms with Crippen molar-refractivity contribution >= 4 is 45.5 Å². The quantitative estimate of drug-likeness (QED) is 0.650. The van der Waals surface area contributed by atoms with Crippen LogP contribution in [0.1, 0.15) is 0 Å². The highest BCUT2D eigenvalue weighted by Crippen LogP contribution is 2.21. The first-order valence-electron chi connectivity index (χ1n) is 6.29. The summed E-state index contributed by atoms with van der Waals surface area (Å²) in [6, 6.07) is 11.0. The number of rotatable bonds is 4. The number of nitrogens with zero attached hydrogens (tertiary/aromatic N) is 2. The molecular formula is C14H10IN3O3S. The molecule has 0 fully saturated rings. The van der Waals surface area contributed by atoms with Gasteiger partial charge in [-0.05, 0) is 46.2 Å². The van der Waals surface area contributed by atoms with E-state index >= 15 is 0 Å². The third-order valence-electron chi connectivity index (χ3n) is 2.78. The summed E-state index contributed by atoms with van der Waals surface area (Å²) in [4.78, 5) is 24.5. The summed E-state index contributed by atoms with van der Waals surface area (Å²) >= 11 is 3.54. The second-order valence-electron chi connectivity index (χ2n) is 4.34. The van der Waals surface area contributed by atoms with Gasteiger partial charge in [0.05, 0.1) is 10.6 Å². The van der Waals surface area contributed by atoms with Crippen LogP contribution in [0.3, 0.4) is 0 Å². The fourth-order valence-corrected chi connectivity index (χ4v) is 2.96. The summed E-state index contributed by atoms with van der Waals surface area (Å²) in [7, 11) is 0. The van der Waals surface area contributed by atoms with Gasteiger partial charge in [-0.25, -0.2) is 4.79 Å². The number of benzene rings is 1. The molecule has 0 unspecified atom stereocenters. The average molecular weight is 427 g/mol. The molecule has 0 saturated heterocycles. The number of anilines is 1. The van der Waals surface area contributed by atoms with E-state index in [2.05, 4.69) is 33.0 Å². The van der Waals surface area contributed by atoms with Crippen molar-refractivity contribution in [1.82, 2.24) is 9.78 Å². The first-order chi connectivity index (χ1) is 10.6. The number of hydrogen-bond donors (Lipinski definition) is 1. The number of hydrogen-bond acceptors (Lipinski definition) is 5. The van der Waals surface area contributed by atoms with Gasteiger partial charge in [-0.3, -0.25) is 4.79 Å². The van der Waals surface area contributed by atoms with Crippen LogP contribution in [0.2, 0.25) is 0 Å². The lowest BCUT2D eigenvalue weighted by atomic mass is 10.3. The zero-order chi connectivity index (χ0) is 15.5. The normalized spacial score (nSPS) is 10.6. The minimum atomic E-state index is -0.652. The molecule has 1 N–H and O–H groups in total. The lowest BCUT2D eigenvalue weighted by Gasteiger charge is -2.06. The lowest BCUT2D eigenvalue weighted by molar-refractivity contribution is -0.117. The maximum atomic E-state index is 12.0. The number of para-hydroxylation sites is 1. The lowest BCUT2D eigenvalue weighted by Crippen LogP contribution is -2.26. The number of aromatic nitrogens is 2. The van der Waals surface area contributed by atoms with Crippen LogP contribution in [0.4, 0.5) is 5.69 Å². The summed E-state index contributed by atoms with van der Waals surface area (Å²) in [5.74, 6) is -0.763. The van der Waals surface area contributed by atoms with Crippen LogP contribution in [0.15, 0.2) is 51.0 Å². The zero-order valence-corrected chi connectivity index (χ0v) is 14.1. The second-order valence-corrected chi connectivity index (χ2v) is 6.45. The van der Waals surface area contributed by atoms with Gasteiger partial charge in [0.25, 0.3) is 5.89 Å². The number of halogens is 1. The van der Waals surface area contributed by atoms with Crippen molar-refractivity contribution in [2.24, 2.45) is 0 Å². The molecule has 2 heterocycles. The van der Waals surface area contributed by atoms with Crippen molar-refractivity contribution in [1.29, 1.82) is 0 Å². The number of nitrogens with one attached hydrogen (secondary N) is 1. The standard InChI is InChI=1S/C14H10IN3O3S/c15-9-4-1-2-5-10(9)16-12(19)8-18-14(20)21-13(17-18)11-6-3-7-22-11/h1-7H,8H2,(H,16,19). The Bertz CT molecular complexity index is 854. The van der Waals surface area contributed by atoms with Crippen LogP contribution in [0.25, 0.3) is 10.8 Å². The molecule has 0 spiro atoms. The number of carbonyl (C=O) groups excluding carboxylic acids is 1. The Morgan fingerprint density at radius 1 is 1.32 bits per heavy atom. The van der Waals surface area contributed by atoms with Gasteiger partial charge in [-0.2, -0.15) is 4.68 Å². The van der Waals surface area contributed by atoms with Crippen LogP contribution in [-0.4, -0.2) is 15.7 Å². The summed E-state index contributed by atoms with van der Waals surface area (Å²) in [5, 5.41) is 8.65. The van der Waals surface area contributed by atoms with Gasteiger partial charge in [0.15, 0.2) is 0 Å². The molecule has 22 heavy (non-hydrogen) atoms. The minimum Gasteiger partial charge on any atom is -0.387 e. The Morgan fingerprint density at radius 2 is 2.14 bits per heavy atom. The highest BCUT2D eigenvalue weighted by atomic mass is 127. The summed E-state index contributed by atoms with van der Waals surface area (Å²) in [5.41, 5.74) is 0.697. The van der Waals surface area contributed by atoms with Gasteiger partial charge in [0, 0.05) is 3.57 Å². The highest BCUT2D eigenvalue weighted by molar-refractivity contribution is 14.1. The Kier molecular flexibility index (Phi) is 4.39. The van der Waals surface area contributed by atoms with E-state index in [1.54, 1.807) is 12.1 Å². The van der Waals surface area contributed by atoms with Crippen molar-refractivity contribution in [3.8, 4) is 10.8 Å². The maximum absolute atomic E-state index is 12.0. The Balaban J connectivity index is 1.75. The van der Waals surface area contributed by atoms with Crippen molar-refractivity contribution in [2.45, 2.75) is 6.54 Å². The molecule has 0 aliphatic rings. The summed E-state index contributed by atoms with van der Waals surface area (Å²) in [6.45, 7) is -0.196. The molecule has 0 saturated carbocycles. The van der Waals surface area contributed by atoms with Crippen LogP contribution in [0.5, 0.6) is 0 Å². The van der Waals surface area contributed by atoms with E-state index in [0.29, 0.717) is 5.69 Å². The van der Waals surface area contributed by atoms with Crippen LogP contribution in [-0.2, 0) is 11.3 Å². The van der Waals surface area contributed by atoms with E-state index in [-0.39, 0.29) is 18.3 Å². The van der Waals surface area contributed by atoms with E-state index < -0.39 is 5.76 Å². The molecule has 3 aromatic rings. The second kappa shape index (κ2) is 6.44. The predicted molar refractivity (Wildman–Crippen MR) is 91.9 cm³/mol. The molecule has 6 nitrogen and oxygen atoms in total. The van der Waals surface area contributed by atoms with Gasteiger partial charge < -0.3 is 9.73 Å². The fraction of sp³-hybridized carbons (Fsp3) is 0.0714. The molecule has 0 aliphatic carbocycles. The molecule has 112 valence electrons. The summed E-state index contributed by atoms with van der Waals surface area (Å²) < 4.78 is 6.99. The largest absolute Gasteiger partial charge is 0.437 e. The number of thiophene rings is 1. The third-order valence-corrected chi connectivity index (χ3v) is 4.58. The van der Waals surface area contributed by atoms with E-state index in [1.165, 1.54) is 11.3 Å². The first-order valence-corrected chi connectivity index (χ1v) is 8.25. The van der Waals surface area contributed by atoms with Crippen LogP contribution in [0, 0.1) is 3.57 Å².